The molecule has 0 radical (unpaired) electrons. The Morgan fingerprint density at radius 2 is 1.44 bits per heavy atom. The number of hydrogen-bond acceptors (Lipinski definition) is 3. The van der Waals surface area contributed by atoms with E-state index in [4.69, 9.17) is 0 Å². The maximum Gasteiger partial charge on any atom is 0.261 e. The summed E-state index contributed by atoms with van der Waals surface area (Å²) in [7, 11) is 0. The van der Waals surface area contributed by atoms with E-state index in [2.05, 4.69) is 34.9 Å². The zero-order chi connectivity index (χ0) is 19.1. The van der Waals surface area contributed by atoms with E-state index >= 15 is 0 Å². The van der Waals surface area contributed by atoms with E-state index in [1.165, 1.54) is 11.3 Å². The number of aryl methyl sites for hydroxylation is 1. The van der Waals surface area contributed by atoms with Crippen molar-refractivity contribution < 1.29 is 9.59 Å². The molecule has 0 aliphatic rings. The Morgan fingerprint density at radius 1 is 0.852 bits per heavy atom. The van der Waals surface area contributed by atoms with Crippen LogP contribution in [0.3, 0.4) is 0 Å². The molecule has 3 aromatic rings. The van der Waals surface area contributed by atoms with E-state index in [9.17, 15) is 9.59 Å². The van der Waals surface area contributed by atoms with Crippen LogP contribution in [-0.2, 0) is 4.79 Å². The van der Waals surface area contributed by atoms with E-state index in [1.807, 2.05) is 49.4 Å². The molecular formula is C22H22N2O2S. The maximum absolute atomic E-state index is 12.2. The van der Waals surface area contributed by atoms with Crippen molar-refractivity contribution in [2.24, 2.45) is 0 Å². The van der Waals surface area contributed by atoms with Gasteiger partial charge in [-0.25, -0.2) is 0 Å². The molecule has 2 aromatic carbocycles. The third-order valence-electron chi connectivity index (χ3n) is 4.28. The van der Waals surface area contributed by atoms with E-state index in [-0.39, 0.29) is 24.3 Å². The first-order chi connectivity index (χ1) is 13.1. The molecule has 4 nitrogen and oxygen atoms in total. The number of carbonyl (C=O) groups is 2. The molecule has 5 heteroatoms. The van der Waals surface area contributed by atoms with Gasteiger partial charge in [0.15, 0.2) is 0 Å². The number of amides is 2. The van der Waals surface area contributed by atoms with Gasteiger partial charge in [-0.05, 0) is 30.2 Å². The van der Waals surface area contributed by atoms with Crippen LogP contribution in [0.1, 0.15) is 31.6 Å². The Hall–Kier alpha value is -2.92. The van der Waals surface area contributed by atoms with Crippen LogP contribution < -0.4 is 10.6 Å². The molecule has 1 heterocycles. The van der Waals surface area contributed by atoms with E-state index < -0.39 is 0 Å². The second kappa shape index (κ2) is 9.14. The molecule has 0 atom stereocenters. The van der Waals surface area contributed by atoms with Gasteiger partial charge in [-0.15, -0.1) is 11.3 Å². The van der Waals surface area contributed by atoms with Crippen molar-refractivity contribution in [2.75, 3.05) is 13.1 Å². The summed E-state index contributed by atoms with van der Waals surface area (Å²) in [6.07, 6.45) is 0. The number of benzene rings is 2. The zero-order valence-corrected chi connectivity index (χ0v) is 16.0. The summed E-state index contributed by atoms with van der Waals surface area (Å²) in [6.45, 7) is 2.38. The average molecular weight is 378 g/mol. The first-order valence-corrected chi connectivity index (χ1v) is 9.66. The molecule has 0 saturated heterocycles. The fraction of sp³-hybridized carbons (Fsp3) is 0.182. The quantitative estimate of drug-likeness (QED) is 0.658. The number of hydrogen-bond donors (Lipinski definition) is 2. The molecular weight excluding hydrogens is 356 g/mol. The van der Waals surface area contributed by atoms with Crippen molar-refractivity contribution in [3.8, 4) is 0 Å². The minimum absolute atomic E-state index is 0.0356. The number of rotatable bonds is 7. The van der Waals surface area contributed by atoms with Crippen LogP contribution in [0.15, 0.2) is 72.8 Å². The van der Waals surface area contributed by atoms with E-state index in [0.29, 0.717) is 11.4 Å². The molecule has 0 saturated carbocycles. The van der Waals surface area contributed by atoms with Crippen molar-refractivity contribution in [3.05, 3.63) is 93.7 Å². The van der Waals surface area contributed by atoms with Gasteiger partial charge < -0.3 is 10.6 Å². The highest BCUT2D eigenvalue weighted by molar-refractivity contribution is 7.13. The number of nitrogens with one attached hydrogen (secondary N) is 2. The molecule has 0 bridgehead atoms. The average Bonchev–Trinajstić information content (AvgIpc) is 3.14. The lowest BCUT2D eigenvalue weighted by atomic mass is 9.91. The Morgan fingerprint density at radius 3 is 1.96 bits per heavy atom. The summed E-state index contributed by atoms with van der Waals surface area (Å²) in [6, 6.07) is 23.8. The Balaban J connectivity index is 1.58. The highest BCUT2D eigenvalue weighted by Gasteiger charge is 2.16. The lowest BCUT2D eigenvalue weighted by molar-refractivity contribution is -0.120. The maximum atomic E-state index is 12.2. The van der Waals surface area contributed by atoms with Crippen LogP contribution in [0.2, 0.25) is 0 Å². The summed E-state index contributed by atoms with van der Waals surface area (Å²) < 4.78 is 0. The molecule has 2 N–H and O–H groups in total. The summed E-state index contributed by atoms with van der Waals surface area (Å²) in [5.74, 6) is -0.355. The SMILES string of the molecule is Cc1ccc(C(=O)NCC(=O)NCC(c2ccccc2)c2ccccc2)s1. The molecule has 0 fully saturated rings. The molecule has 138 valence electrons. The van der Waals surface area contributed by atoms with Crippen LogP contribution in [0.4, 0.5) is 0 Å². The van der Waals surface area contributed by atoms with E-state index in [1.54, 1.807) is 6.07 Å². The summed E-state index contributed by atoms with van der Waals surface area (Å²) >= 11 is 1.42. The summed E-state index contributed by atoms with van der Waals surface area (Å²) in [5, 5.41) is 5.62. The topological polar surface area (TPSA) is 58.2 Å². The van der Waals surface area contributed by atoms with Crippen molar-refractivity contribution >= 4 is 23.2 Å². The minimum atomic E-state index is -0.217. The molecule has 1 aromatic heterocycles. The largest absolute Gasteiger partial charge is 0.354 e. The predicted molar refractivity (Wildman–Crippen MR) is 109 cm³/mol. The second-order valence-electron chi connectivity index (χ2n) is 6.27. The van der Waals surface area contributed by atoms with Gasteiger partial charge in [0.25, 0.3) is 5.91 Å². The first kappa shape index (κ1) is 18.9. The van der Waals surface area contributed by atoms with Gasteiger partial charge in [0, 0.05) is 17.3 Å². The zero-order valence-electron chi connectivity index (χ0n) is 15.1. The molecule has 27 heavy (non-hydrogen) atoms. The monoisotopic (exact) mass is 378 g/mol. The summed E-state index contributed by atoms with van der Waals surface area (Å²) in [4.78, 5) is 26.0. The Labute approximate surface area is 163 Å². The predicted octanol–water partition coefficient (Wildman–Crippen LogP) is 3.73. The van der Waals surface area contributed by atoms with Gasteiger partial charge in [-0.1, -0.05) is 60.7 Å². The normalized spacial score (nSPS) is 10.6. The van der Waals surface area contributed by atoms with Crippen LogP contribution in [0.5, 0.6) is 0 Å². The first-order valence-electron chi connectivity index (χ1n) is 8.84. The van der Waals surface area contributed by atoms with Gasteiger partial charge in [0.05, 0.1) is 11.4 Å². The second-order valence-corrected chi connectivity index (χ2v) is 7.56. The molecule has 0 spiro atoms. The standard InChI is InChI=1S/C22H22N2O2S/c1-16-12-13-20(27-16)22(26)24-15-21(25)23-14-19(17-8-4-2-5-9-17)18-10-6-3-7-11-18/h2-13,19H,14-15H2,1H3,(H,23,25)(H,24,26). The van der Waals surface area contributed by atoms with Crippen LogP contribution >= 0.6 is 11.3 Å². The summed E-state index contributed by atoms with van der Waals surface area (Å²) in [5.41, 5.74) is 2.28. The van der Waals surface area contributed by atoms with Gasteiger partial charge in [-0.3, -0.25) is 9.59 Å². The lowest BCUT2D eigenvalue weighted by Crippen LogP contribution is -2.38. The molecule has 0 unspecified atom stereocenters. The van der Waals surface area contributed by atoms with Gasteiger partial charge in [-0.2, -0.15) is 0 Å². The molecule has 0 aliphatic carbocycles. The third-order valence-corrected chi connectivity index (χ3v) is 5.28. The van der Waals surface area contributed by atoms with Crippen molar-refractivity contribution in [1.29, 1.82) is 0 Å². The van der Waals surface area contributed by atoms with Crippen LogP contribution in [0, 0.1) is 6.92 Å². The molecule has 2 amide bonds. The smallest absolute Gasteiger partial charge is 0.261 e. The van der Waals surface area contributed by atoms with Crippen molar-refractivity contribution in [1.82, 2.24) is 10.6 Å². The van der Waals surface area contributed by atoms with Gasteiger partial charge in [0.2, 0.25) is 5.91 Å². The number of carbonyl (C=O) groups excluding carboxylic acids is 2. The number of thiophene rings is 1. The molecule has 0 aliphatic heterocycles. The van der Waals surface area contributed by atoms with Gasteiger partial charge >= 0.3 is 0 Å². The van der Waals surface area contributed by atoms with Crippen LogP contribution in [0.25, 0.3) is 0 Å². The fourth-order valence-corrected chi connectivity index (χ4v) is 3.67. The highest BCUT2D eigenvalue weighted by Crippen LogP contribution is 2.23. The van der Waals surface area contributed by atoms with Crippen molar-refractivity contribution in [3.63, 3.8) is 0 Å². The minimum Gasteiger partial charge on any atom is -0.354 e. The van der Waals surface area contributed by atoms with Gasteiger partial charge in [0.1, 0.15) is 0 Å². The highest BCUT2D eigenvalue weighted by atomic mass is 32.1. The Kier molecular flexibility index (Phi) is 6.39. The lowest BCUT2D eigenvalue weighted by Gasteiger charge is -2.19. The van der Waals surface area contributed by atoms with E-state index in [0.717, 1.165) is 16.0 Å². The van der Waals surface area contributed by atoms with Crippen LogP contribution in [-0.4, -0.2) is 24.9 Å². The molecule has 3 rings (SSSR count). The fourth-order valence-electron chi connectivity index (χ4n) is 2.88. The Bertz CT molecular complexity index is 851. The third kappa shape index (κ3) is 5.28. The van der Waals surface area contributed by atoms with Crippen molar-refractivity contribution in [2.45, 2.75) is 12.8 Å².